The number of aryl methyl sites for hydroxylation is 1. The van der Waals surface area contributed by atoms with Crippen molar-refractivity contribution in [2.24, 2.45) is 0 Å². The summed E-state index contributed by atoms with van der Waals surface area (Å²) < 4.78 is 13.2. The van der Waals surface area contributed by atoms with Crippen molar-refractivity contribution in [1.82, 2.24) is 4.90 Å². The highest BCUT2D eigenvalue weighted by Gasteiger charge is 2.13. The quantitative estimate of drug-likeness (QED) is 0.847. The zero-order valence-corrected chi connectivity index (χ0v) is 11.1. The number of benzene rings is 1. The summed E-state index contributed by atoms with van der Waals surface area (Å²) >= 11 is 0. The topological polar surface area (TPSA) is 40.5 Å². The maximum absolute atomic E-state index is 13.2. The van der Waals surface area contributed by atoms with Crippen LogP contribution in [0.3, 0.4) is 0 Å². The van der Waals surface area contributed by atoms with E-state index >= 15 is 0 Å². The molecule has 0 heterocycles. The maximum atomic E-state index is 13.2. The number of hydrogen-bond acceptors (Lipinski definition) is 2. The van der Waals surface area contributed by atoms with Crippen molar-refractivity contribution in [1.29, 1.82) is 0 Å². The molecule has 0 atom stereocenters. The van der Waals surface area contributed by atoms with Gasteiger partial charge in [-0.05, 0) is 44.0 Å². The minimum Gasteiger partial charge on any atom is -0.481 e. The third kappa shape index (κ3) is 4.45. The number of carboxylic acids is 1. The number of rotatable bonds is 6. The van der Waals surface area contributed by atoms with Gasteiger partial charge in [0.25, 0.3) is 0 Å². The van der Waals surface area contributed by atoms with Gasteiger partial charge in [0.2, 0.25) is 0 Å². The number of hydrogen-bond donors (Lipinski definition) is 1. The summed E-state index contributed by atoms with van der Waals surface area (Å²) in [5.41, 5.74) is 1.94. The van der Waals surface area contributed by atoms with Gasteiger partial charge in [0.15, 0.2) is 0 Å². The Morgan fingerprint density at radius 2 is 2.11 bits per heavy atom. The Bertz CT molecular complexity index is 418. The summed E-state index contributed by atoms with van der Waals surface area (Å²) in [5.74, 6) is -1.06. The first-order chi connectivity index (χ1) is 8.40. The van der Waals surface area contributed by atoms with Crippen molar-refractivity contribution in [3.8, 4) is 0 Å². The van der Waals surface area contributed by atoms with Gasteiger partial charge in [-0.25, -0.2) is 4.39 Å². The van der Waals surface area contributed by atoms with Crippen LogP contribution in [0.25, 0.3) is 0 Å². The maximum Gasteiger partial charge on any atom is 0.304 e. The number of carbonyl (C=O) groups is 1. The molecule has 100 valence electrons. The van der Waals surface area contributed by atoms with Crippen LogP contribution in [0.1, 0.15) is 31.4 Å². The fraction of sp³-hybridized carbons (Fsp3) is 0.500. The summed E-state index contributed by atoms with van der Waals surface area (Å²) in [6, 6.07) is 4.94. The van der Waals surface area contributed by atoms with Gasteiger partial charge in [-0.1, -0.05) is 6.07 Å². The van der Waals surface area contributed by atoms with Crippen molar-refractivity contribution in [3.63, 3.8) is 0 Å². The second kappa shape index (κ2) is 6.50. The average molecular weight is 253 g/mol. The van der Waals surface area contributed by atoms with Crippen LogP contribution in [0.5, 0.6) is 0 Å². The molecule has 1 N–H and O–H groups in total. The Morgan fingerprint density at radius 3 is 2.67 bits per heavy atom. The lowest BCUT2D eigenvalue weighted by Crippen LogP contribution is -2.32. The average Bonchev–Trinajstić information content (AvgIpc) is 2.28. The molecule has 3 nitrogen and oxygen atoms in total. The van der Waals surface area contributed by atoms with Crippen molar-refractivity contribution in [3.05, 3.63) is 35.1 Å². The smallest absolute Gasteiger partial charge is 0.304 e. The number of nitrogens with zero attached hydrogens (tertiary/aromatic N) is 1. The van der Waals surface area contributed by atoms with Crippen LogP contribution in [0.4, 0.5) is 4.39 Å². The van der Waals surface area contributed by atoms with E-state index in [0.29, 0.717) is 13.1 Å². The van der Waals surface area contributed by atoms with E-state index < -0.39 is 5.97 Å². The molecule has 18 heavy (non-hydrogen) atoms. The van der Waals surface area contributed by atoms with Gasteiger partial charge in [-0.15, -0.1) is 0 Å². The lowest BCUT2D eigenvalue weighted by atomic mass is 10.1. The molecule has 4 heteroatoms. The van der Waals surface area contributed by atoms with Crippen molar-refractivity contribution >= 4 is 5.97 Å². The second-order valence-corrected chi connectivity index (χ2v) is 4.78. The largest absolute Gasteiger partial charge is 0.481 e. The summed E-state index contributed by atoms with van der Waals surface area (Å²) in [4.78, 5) is 12.7. The van der Waals surface area contributed by atoms with E-state index in [1.165, 1.54) is 12.1 Å². The Balaban J connectivity index is 2.76. The molecule has 0 aliphatic carbocycles. The van der Waals surface area contributed by atoms with Crippen molar-refractivity contribution < 1.29 is 14.3 Å². The van der Waals surface area contributed by atoms with Crippen LogP contribution in [0, 0.1) is 12.7 Å². The zero-order valence-electron chi connectivity index (χ0n) is 11.1. The molecular formula is C14H20FNO2. The minimum absolute atomic E-state index is 0.104. The van der Waals surface area contributed by atoms with E-state index in [4.69, 9.17) is 5.11 Å². The Kier molecular flexibility index (Phi) is 5.28. The van der Waals surface area contributed by atoms with Gasteiger partial charge < -0.3 is 5.11 Å². The monoisotopic (exact) mass is 253 g/mol. The SMILES string of the molecule is Cc1ccc(F)cc1CN(CCC(=O)O)C(C)C. The predicted octanol–water partition coefficient (Wildman–Crippen LogP) is 2.82. The van der Waals surface area contributed by atoms with Gasteiger partial charge >= 0.3 is 5.97 Å². The number of carboxylic acid groups (broad SMARTS) is 1. The second-order valence-electron chi connectivity index (χ2n) is 4.78. The van der Waals surface area contributed by atoms with Crippen molar-refractivity contribution in [2.45, 2.75) is 39.8 Å². The van der Waals surface area contributed by atoms with Crippen LogP contribution in [-0.4, -0.2) is 28.6 Å². The summed E-state index contributed by atoms with van der Waals surface area (Å²) in [5, 5.41) is 8.72. The summed E-state index contributed by atoms with van der Waals surface area (Å²) in [7, 11) is 0. The van der Waals surface area contributed by atoms with Crippen LogP contribution in [0.15, 0.2) is 18.2 Å². The van der Waals surface area contributed by atoms with Crippen LogP contribution >= 0.6 is 0 Å². The fourth-order valence-electron chi connectivity index (χ4n) is 1.79. The highest BCUT2D eigenvalue weighted by molar-refractivity contribution is 5.66. The molecule has 0 aromatic heterocycles. The van der Waals surface area contributed by atoms with Crippen LogP contribution in [-0.2, 0) is 11.3 Å². The third-order valence-electron chi connectivity index (χ3n) is 3.03. The van der Waals surface area contributed by atoms with Crippen molar-refractivity contribution in [2.75, 3.05) is 6.54 Å². The molecule has 0 aliphatic rings. The molecule has 0 radical (unpaired) electrons. The molecular weight excluding hydrogens is 233 g/mol. The molecule has 0 bridgehead atoms. The molecule has 0 spiro atoms. The van der Waals surface area contributed by atoms with Gasteiger partial charge in [-0.3, -0.25) is 9.69 Å². The molecule has 0 aliphatic heterocycles. The molecule has 0 unspecified atom stereocenters. The fourth-order valence-corrected chi connectivity index (χ4v) is 1.79. The van der Waals surface area contributed by atoms with Gasteiger partial charge in [-0.2, -0.15) is 0 Å². The van der Waals surface area contributed by atoms with Gasteiger partial charge in [0, 0.05) is 19.1 Å². The van der Waals surface area contributed by atoms with E-state index in [2.05, 4.69) is 0 Å². The standard InChI is InChI=1S/C14H20FNO2/c1-10(2)16(7-6-14(17)18)9-12-8-13(15)5-4-11(12)3/h4-5,8,10H,6-7,9H2,1-3H3,(H,17,18). The van der Waals surface area contributed by atoms with Crippen LogP contribution < -0.4 is 0 Å². The first kappa shape index (κ1) is 14.6. The molecule has 0 saturated carbocycles. The predicted molar refractivity (Wildman–Crippen MR) is 68.9 cm³/mol. The number of aliphatic carboxylic acids is 1. The summed E-state index contributed by atoms with van der Waals surface area (Å²) in [6.45, 7) is 7.01. The van der Waals surface area contributed by atoms with Crippen LogP contribution in [0.2, 0.25) is 0 Å². The molecule has 0 saturated heterocycles. The molecule has 1 aromatic carbocycles. The van der Waals surface area contributed by atoms with E-state index in [1.807, 2.05) is 25.7 Å². The molecule has 0 amide bonds. The minimum atomic E-state index is -0.809. The zero-order chi connectivity index (χ0) is 13.7. The first-order valence-electron chi connectivity index (χ1n) is 6.11. The Labute approximate surface area is 107 Å². The molecule has 0 fully saturated rings. The van der Waals surface area contributed by atoms with E-state index in [9.17, 15) is 9.18 Å². The molecule has 1 aromatic rings. The van der Waals surface area contributed by atoms with E-state index in [0.717, 1.165) is 11.1 Å². The van der Waals surface area contributed by atoms with E-state index in [-0.39, 0.29) is 18.3 Å². The Morgan fingerprint density at radius 1 is 1.44 bits per heavy atom. The lowest BCUT2D eigenvalue weighted by Gasteiger charge is -2.26. The Hall–Kier alpha value is -1.42. The highest BCUT2D eigenvalue weighted by atomic mass is 19.1. The molecule has 1 rings (SSSR count). The number of halogens is 1. The van der Waals surface area contributed by atoms with Gasteiger partial charge in [0.05, 0.1) is 6.42 Å². The lowest BCUT2D eigenvalue weighted by molar-refractivity contribution is -0.137. The highest BCUT2D eigenvalue weighted by Crippen LogP contribution is 2.15. The van der Waals surface area contributed by atoms with E-state index in [1.54, 1.807) is 6.07 Å². The third-order valence-corrected chi connectivity index (χ3v) is 3.03. The summed E-state index contributed by atoms with van der Waals surface area (Å²) in [6.07, 6.45) is 0.104. The van der Waals surface area contributed by atoms with Gasteiger partial charge in [0.1, 0.15) is 5.82 Å². The normalized spacial score (nSPS) is 11.2. The first-order valence-corrected chi connectivity index (χ1v) is 6.11.